The van der Waals surface area contributed by atoms with Gasteiger partial charge < -0.3 is 14.2 Å². The number of esters is 3. The van der Waals surface area contributed by atoms with Crippen LogP contribution in [-0.4, -0.2) is 108 Å². The summed E-state index contributed by atoms with van der Waals surface area (Å²) in [4.78, 5) is 136. The molecule has 0 saturated carbocycles. The minimum Gasteiger partial charge on any atom is -0.460 e. The normalized spacial score (nSPS) is 15.6. The van der Waals surface area contributed by atoms with E-state index in [1.165, 1.54) is 18.2 Å². The third kappa shape index (κ3) is 9.14. The molecule has 102 heavy (non-hydrogen) atoms. The Bertz CT molecular complexity index is 4750. The fourth-order valence-electron chi connectivity index (χ4n) is 18.3. The molecule has 10 aromatic carbocycles. The number of carbonyl (C=O) groups excluding carboxylic acids is 9. The number of amides is 6. The lowest BCUT2D eigenvalue weighted by Gasteiger charge is -2.30. The van der Waals surface area contributed by atoms with Crippen LogP contribution in [0.4, 0.5) is 0 Å². The van der Waals surface area contributed by atoms with E-state index in [0.29, 0.717) is 110 Å². The molecular formula is C87H63N3O12. The molecule has 3 heterocycles. The van der Waals surface area contributed by atoms with E-state index in [1.54, 1.807) is 0 Å². The number of imide groups is 3. The summed E-state index contributed by atoms with van der Waals surface area (Å²) in [5.41, 5.74) is 25.3. The lowest BCUT2D eigenvalue weighted by atomic mass is 9.72. The topological polar surface area (TPSA) is 191 Å². The van der Waals surface area contributed by atoms with Crippen molar-refractivity contribution in [2.75, 3.05) is 39.5 Å². The molecule has 10 aromatic rings. The van der Waals surface area contributed by atoms with Gasteiger partial charge in [-0.15, -0.1) is 0 Å². The second-order valence-corrected chi connectivity index (χ2v) is 27.8. The van der Waals surface area contributed by atoms with Crippen molar-refractivity contribution in [2.45, 2.75) is 77.0 Å². The Morgan fingerprint density at radius 2 is 0.422 bits per heavy atom. The van der Waals surface area contributed by atoms with Crippen LogP contribution in [0, 0.1) is 0 Å². The predicted molar refractivity (Wildman–Crippen MR) is 380 cm³/mol. The van der Waals surface area contributed by atoms with E-state index in [2.05, 4.69) is 72.8 Å². The Labute approximate surface area is 586 Å². The van der Waals surface area contributed by atoms with E-state index in [-0.39, 0.29) is 36.3 Å². The SMILES string of the molecule is O=C(OCCN1C(=O)c2c3c(c4c(c2C1=O)CCc1ccccc1-4)-c1ccccc1CC3)c1cc(C(=O)OCCN2C(=O)c3c4c(c5c(c3C2=O)CCc2ccccc2-5)-c2ccccc2CC4)cc(C(=O)OCCN2C(=O)c3c4c(c5c(c3C2=O)CCc2ccccc2-5)-c2ccccc2CC4)c1. The zero-order valence-electron chi connectivity index (χ0n) is 55.6. The Balaban J connectivity index is 0.602. The van der Waals surface area contributed by atoms with Crippen molar-refractivity contribution in [1.82, 2.24) is 14.7 Å². The van der Waals surface area contributed by atoms with Crippen LogP contribution in [0.15, 0.2) is 164 Å². The summed E-state index contributed by atoms with van der Waals surface area (Å²) in [6, 6.07) is 52.7. The number of hydrogen-bond donors (Lipinski definition) is 0. The maximum Gasteiger partial charge on any atom is 0.338 e. The van der Waals surface area contributed by atoms with Crippen LogP contribution in [0.1, 0.15) is 160 Å². The molecule has 0 bridgehead atoms. The van der Waals surface area contributed by atoms with Crippen molar-refractivity contribution in [3.8, 4) is 66.8 Å². The van der Waals surface area contributed by atoms with Gasteiger partial charge in [-0.25, -0.2) is 14.4 Å². The highest BCUT2D eigenvalue weighted by Gasteiger charge is 2.48. The average molecular weight is 1340 g/mol. The molecule has 0 unspecified atom stereocenters. The van der Waals surface area contributed by atoms with Crippen molar-refractivity contribution < 1.29 is 57.4 Å². The number of rotatable bonds is 12. The summed E-state index contributed by atoms with van der Waals surface area (Å²) in [7, 11) is 0. The molecule has 498 valence electrons. The Morgan fingerprint density at radius 3 is 0.608 bits per heavy atom. The summed E-state index contributed by atoms with van der Waals surface area (Å²) < 4.78 is 17.6. The van der Waals surface area contributed by atoms with Gasteiger partial charge in [0.2, 0.25) is 0 Å². The minimum atomic E-state index is -1.01. The molecule has 0 saturated heterocycles. The minimum absolute atomic E-state index is 0.282. The molecular weight excluding hydrogens is 1280 g/mol. The van der Waals surface area contributed by atoms with Gasteiger partial charge >= 0.3 is 17.9 Å². The predicted octanol–water partition coefficient (Wildman–Crippen LogP) is 13.6. The molecule has 6 aliphatic carbocycles. The highest BCUT2D eigenvalue weighted by molar-refractivity contribution is 6.27. The number of carbonyl (C=O) groups is 9. The van der Waals surface area contributed by atoms with Crippen LogP contribution in [-0.2, 0) is 91.3 Å². The van der Waals surface area contributed by atoms with Crippen LogP contribution in [0.25, 0.3) is 66.8 Å². The number of nitrogens with zero attached hydrogens (tertiary/aromatic N) is 3. The number of ether oxygens (including phenoxy) is 3. The summed E-state index contributed by atoms with van der Waals surface area (Å²) in [6.45, 7) is -2.27. The third-order valence-corrected chi connectivity index (χ3v) is 22.7. The van der Waals surface area contributed by atoms with E-state index in [0.717, 1.165) is 148 Å². The molecule has 0 atom stereocenters. The van der Waals surface area contributed by atoms with Gasteiger partial charge in [0.05, 0.1) is 69.7 Å². The first-order valence-electron chi connectivity index (χ1n) is 35.3. The summed E-state index contributed by atoms with van der Waals surface area (Å²) in [5.74, 6) is -5.91. The quantitative estimate of drug-likeness (QED) is 0.0640. The van der Waals surface area contributed by atoms with E-state index >= 15 is 0 Å². The highest BCUT2D eigenvalue weighted by atomic mass is 16.5. The molecule has 3 aliphatic heterocycles. The monoisotopic (exact) mass is 1340 g/mol. The molecule has 0 spiro atoms. The lowest BCUT2D eigenvalue weighted by molar-refractivity contribution is 0.0405. The largest absolute Gasteiger partial charge is 0.460 e. The van der Waals surface area contributed by atoms with Gasteiger partial charge in [0.1, 0.15) is 19.8 Å². The lowest BCUT2D eigenvalue weighted by Crippen LogP contribution is -2.34. The maximum atomic E-state index is 14.8. The Morgan fingerprint density at radius 1 is 0.245 bits per heavy atom. The second-order valence-electron chi connectivity index (χ2n) is 27.8. The zero-order valence-corrected chi connectivity index (χ0v) is 55.6. The molecule has 0 aromatic heterocycles. The van der Waals surface area contributed by atoms with Gasteiger partial charge in [-0.05, 0) is 229 Å². The zero-order chi connectivity index (χ0) is 68.9. The van der Waals surface area contributed by atoms with Gasteiger partial charge in [-0.1, -0.05) is 146 Å². The molecule has 19 rings (SSSR count). The second kappa shape index (κ2) is 23.6. The number of fused-ring (bicyclic) bond motifs is 30. The molecule has 15 nitrogen and oxygen atoms in total. The van der Waals surface area contributed by atoms with Gasteiger partial charge in [0, 0.05) is 0 Å². The highest BCUT2D eigenvalue weighted by Crippen LogP contribution is 2.54. The maximum absolute atomic E-state index is 14.8. The van der Waals surface area contributed by atoms with Gasteiger partial charge in [0.15, 0.2) is 0 Å². The van der Waals surface area contributed by atoms with Crippen molar-refractivity contribution in [3.05, 3.63) is 281 Å². The summed E-state index contributed by atoms with van der Waals surface area (Å²) in [6.07, 6.45) is 7.37. The van der Waals surface area contributed by atoms with Crippen molar-refractivity contribution in [2.24, 2.45) is 0 Å². The van der Waals surface area contributed by atoms with Gasteiger partial charge in [0.25, 0.3) is 35.4 Å². The van der Waals surface area contributed by atoms with Crippen LogP contribution in [0.5, 0.6) is 0 Å². The fourth-order valence-corrected chi connectivity index (χ4v) is 18.3. The van der Waals surface area contributed by atoms with Gasteiger partial charge in [-0.3, -0.25) is 43.5 Å². The average Bonchev–Trinajstić information content (AvgIpc) is 1.40. The van der Waals surface area contributed by atoms with Crippen molar-refractivity contribution in [3.63, 3.8) is 0 Å². The van der Waals surface area contributed by atoms with E-state index in [1.807, 2.05) is 72.8 Å². The smallest absolute Gasteiger partial charge is 0.338 e. The Kier molecular flexibility index (Phi) is 14.1. The molecule has 0 radical (unpaired) electrons. The first kappa shape index (κ1) is 61.1. The molecule has 0 fully saturated rings. The van der Waals surface area contributed by atoms with Crippen LogP contribution in [0.3, 0.4) is 0 Å². The number of aryl methyl sites for hydroxylation is 6. The van der Waals surface area contributed by atoms with Crippen LogP contribution in [0.2, 0.25) is 0 Å². The molecule has 15 heteroatoms. The first-order valence-corrected chi connectivity index (χ1v) is 35.3. The molecule has 9 aliphatic rings. The number of benzene rings is 10. The summed E-state index contributed by atoms with van der Waals surface area (Å²) >= 11 is 0. The van der Waals surface area contributed by atoms with Crippen molar-refractivity contribution in [1.29, 1.82) is 0 Å². The van der Waals surface area contributed by atoms with Gasteiger partial charge in [-0.2, -0.15) is 0 Å². The first-order chi connectivity index (χ1) is 49.9. The standard InChI is InChI=1S/C87H63N3O12/c91-79-73-61-31-25-46-13-1-7-19-55(46)67(61)68-56-20-8-2-14-47(56)26-32-62(68)74(73)80(92)88(79)37-40-100-85(97)52-43-53(86(98)101-41-38-89-81(93)75-63-33-27-48-15-3-9-21-57(48)69(63)70-58-22-10-4-16-49(58)28-34-64(70)76(75)82(89)94)45-54(44-52)87(99)102-42-39-90-83(95)77-65-35-29-50-17-5-11-23-59(50)71(65)72-60-24-12-6-18-51(60)30-36-66(72)78(77)84(90)96/h1-24,43-45H,25-42H2. The van der Waals surface area contributed by atoms with Crippen LogP contribution >= 0.6 is 0 Å². The molecule has 6 amide bonds. The fraction of sp³-hybridized carbons (Fsp3) is 0.207. The van der Waals surface area contributed by atoms with Crippen LogP contribution < -0.4 is 0 Å². The van der Waals surface area contributed by atoms with E-state index in [4.69, 9.17) is 14.2 Å². The number of hydrogen-bond acceptors (Lipinski definition) is 12. The van der Waals surface area contributed by atoms with Crippen molar-refractivity contribution >= 4 is 53.4 Å². The molecule has 0 N–H and O–H groups in total. The summed E-state index contributed by atoms with van der Waals surface area (Å²) in [5, 5.41) is 0. The van der Waals surface area contributed by atoms with E-state index in [9.17, 15) is 43.2 Å². The Hall–Kier alpha value is -12.0. The third-order valence-electron chi connectivity index (χ3n) is 22.7. The van der Waals surface area contributed by atoms with E-state index < -0.39 is 73.2 Å².